The number of rotatable bonds is 4. The van der Waals surface area contributed by atoms with Crippen LogP contribution < -0.4 is 5.73 Å². The molecule has 0 unspecified atom stereocenters. The van der Waals surface area contributed by atoms with Crippen LogP contribution in [0.25, 0.3) is 4.72 Å². The first kappa shape index (κ1) is 11.9. The molecule has 0 amide bonds. The minimum Gasteiger partial charge on any atom is -0.577 e. The van der Waals surface area contributed by atoms with Gasteiger partial charge in [-0.25, -0.2) is 12.8 Å². The summed E-state index contributed by atoms with van der Waals surface area (Å²) in [5.41, 5.74) is 4.01. The van der Waals surface area contributed by atoms with Crippen LogP contribution >= 0.6 is 0 Å². The Morgan fingerprint density at radius 3 is 2.67 bits per heavy atom. The minimum absolute atomic E-state index is 0.117. The van der Waals surface area contributed by atoms with Gasteiger partial charge in [-0.2, -0.15) is 0 Å². The van der Waals surface area contributed by atoms with Gasteiger partial charge in [-0.15, -0.1) is 5.69 Å². The Bertz CT molecular complexity index is 445. The van der Waals surface area contributed by atoms with E-state index in [-0.39, 0.29) is 18.0 Å². The van der Waals surface area contributed by atoms with Gasteiger partial charge in [0.25, 0.3) is 0 Å². The van der Waals surface area contributed by atoms with Crippen LogP contribution in [0.5, 0.6) is 0 Å². The van der Waals surface area contributed by atoms with Gasteiger partial charge in [-0.1, -0.05) is 12.1 Å². The minimum atomic E-state index is -3.52. The Labute approximate surface area is 88.3 Å². The fourth-order valence-electron chi connectivity index (χ4n) is 1.03. The molecule has 0 fully saturated rings. The lowest BCUT2D eigenvalue weighted by Crippen LogP contribution is -2.52. The van der Waals surface area contributed by atoms with Crippen molar-refractivity contribution in [1.29, 1.82) is 0 Å². The third-order valence-corrected chi connectivity index (χ3v) is 3.10. The third-order valence-electron chi connectivity index (χ3n) is 1.80. The lowest BCUT2D eigenvalue weighted by atomic mass is 10.2. The molecule has 0 atom stereocenters. The highest BCUT2D eigenvalue weighted by Gasteiger charge is 2.00. The maximum absolute atomic E-state index is 13.1. The van der Waals surface area contributed by atoms with Crippen LogP contribution in [-0.4, -0.2) is 20.7 Å². The van der Waals surface area contributed by atoms with Gasteiger partial charge in [-0.3, -0.25) is 0 Å². The number of halogens is 1. The van der Waals surface area contributed by atoms with Crippen molar-refractivity contribution >= 4 is 15.7 Å². The summed E-state index contributed by atoms with van der Waals surface area (Å²) in [6, 6.07) is 4.07. The van der Waals surface area contributed by atoms with E-state index < -0.39 is 15.8 Å². The number of hydrogen-bond donors (Lipinski definition) is 1. The number of benzene rings is 1. The summed E-state index contributed by atoms with van der Waals surface area (Å²) >= 11 is 0. The molecule has 0 saturated carbocycles. The van der Waals surface area contributed by atoms with Gasteiger partial charge in [-0.05, 0) is 18.6 Å². The summed E-state index contributed by atoms with van der Waals surface area (Å²) in [6.45, 7) is 1.85. The summed E-state index contributed by atoms with van der Waals surface area (Å²) in [6.07, 6.45) is 0. The van der Waals surface area contributed by atoms with Crippen LogP contribution in [0.2, 0.25) is 0 Å². The molecule has 1 aromatic rings. The molecule has 84 valence electrons. The monoisotopic (exact) mass is 232 g/mol. The Balaban J connectivity index is 2.86. The molecule has 0 radical (unpaired) electrons. The van der Waals surface area contributed by atoms with Crippen LogP contribution in [0.3, 0.4) is 0 Å². The van der Waals surface area contributed by atoms with E-state index in [4.69, 9.17) is 0 Å². The lowest BCUT2D eigenvalue weighted by Gasteiger charge is -2.20. The summed E-state index contributed by atoms with van der Waals surface area (Å²) in [5, 5.41) is 0. The second-order valence-corrected chi connectivity index (χ2v) is 4.92. The average Bonchev–Trinajstić information content (AvgIpc) is 2.10. The van der Waals surface area contributed by atoms with Crippen LogP contribution in [0.15, 0.2) is 18.2 Å². The molecule has 0 aromatic heterocycles. The Morgan fingerprint density at radius 2 is 2.13 bits per heavy atom. The van der Waals surface area contributed by atoms with Gasteiger partial charge in [0.15, 0.2) is 0 Å². The molecule has 0 aliphatic carbocycles. The molecular formula is C9H13FN2O2S. The van der Waals surface area contributed by atoms with Crippen LogP contribution in [0.4, 0.5) is 10.1 Å². The zero-order valence-corrected chi connectivity index (χ0v) is 9.22. The van der Waals surface area contributed by atoms with Crippen molar-refractivity contribution in [3.63, 3.8) is 0 Å². The molecule has 3 N–H and O–H groups in total. The molecule has 0 bridgehead atoms. The average molecular weight is 232 g/mol. The number of sulfonamides is 1. The van der Waals surface area contributed by atoms with Crippen molar-refractivity contribution in [2.45, 2.75) is 6.92 Å². The van der Waals surface area contributed by atoms with Gasteiger partial charge in [0.2, 0.25) is 0 Å². The van der Waals surface area contributed by atoms with Crippen molar-refractivity contribution in [2.75, 3.05) is 12.3 Å². The molecule has 1 aromatic carbocycles. The van der Waals surface area contributed by atoms with E-state index >= 15 is 0 Å². The highest BCUT2D eigenvalue weighted by molar-refractivity contribution is 7.94. The normalized spacial score (nSPS) is 11.4. The number of aryl methyl sites for hydroxylation is 1. The second kappa shape index (κ2) is 4.59. The van der Waals surface area contributed by atoms with Gasteiger partial charge in [0.05, 0.1) is 22.3 Å². The SMILES string of the molecule is Cc1ccc([N-]S(=O)(=O)CC[NH3+])cc1F. The number of hydrogen-bond acceptors (Lipinski definition) is 2. The fourth-order valence-corrected chi connectivity index (χ4v) is 1.92. The smallest absolute Gasteiger partial charge is 0.124 e. The van der Waals surface area contributed by atoms with E-state index in [0.717, 1.165) is 6.07 Å². The van der Waals surface area contributed by atoms with Crippen LogP contribution in [0, 0.1) is 12.7 Å². The first-order chi connectivity index (χ1) is 6.94. The van der Waals surface area contributed by atoms with Crippen molar-refractivity contribution in [3.8, 4) is 0 Å². The quantitative estimate of drug-likeness (QED) is 0.830. The van der Waals surface area contributed by atoms with Crippen molar-refractivity contribution < 1.29 is 18.5 Å². The van der Waals surface area contributed by atoms with Gasteiger partial charge in [0.1, 0.15) is 5.82 Å². The van der Waals surface area contributed by atoms with E-state index in [0.29, 0.717) is 5.56 Å². The Hall–Kier alpha value is -1.14. The standard InChI is InChI=1S/C9H12FN2O2S/c1-7-2-3-8(6-9(7)10)12-15(13,14)5-4-11/h2-3,6H,4-5,11H2,1H3/q-1/p+1. The van der Waals surface area contributed by atoms with Gasteiger partial charge >= 0.3 is 0 Å². The molecule has 0 saturated heterocycles. The van der Waals surface area contributed by atoms with E-state index in [1.165, 1.54) is 12.1 Å². The summed E-state index contributed by atoms with van der Waals surface area (Å²) < 4.78 is 39.1. The first-order valence-electron chi connectivity index (χ1n) is 4.46. The van der Waals surface area contributed by atoms with E-state index in [2.05, 4.69) is 10.5 Å². The molecule has 1 rings (SSSR count). The van der Waals surface area contributed by atoms with Gasteiger partial charge in [0, 0.05) is 0 Å². The third kappa shape index (κ3) is 3.49. The lowest BCUT2D eigenvalue weighted by molar-refractivity contribution is -0.360. The first-order valence-corrected chi connectivity index (χ1v) is 6.06. The Kier molecular flexibility index (Phi) is 3.65. The zero-order chi connectivity index (χ0) is 11.5. The largest absolute Gasteiger partial charge is 0.577 e. The topological polar surface area (TPSA) is 75.9 Å². The number of quaternary nitrogens is 1. The summed E-state index contributed by atoms with van der Waals surface area (Å²) in [7, 11) is -3.52. The second-order valence-electron chi connectivity index (χ2n) is 3.16. The number of nitrogens with zero attached hydrogens (tertiary/aromatic N) is 1. The molecular weight excluding hydrogens is 219 g/mol. The summed E-state index contributed by atoms with van der Waals surface area (Å²) in [4.78, 5) is 0. The van der Waals surface area contributed by atoms with E-state index in [1.54, 1.807) is 6.92 Å². The predicted molar refractivity (Wildman–Crippen MR) is 55.7 cm³/mol. The molecule has 15 heavy (non-hydrogen) atoms. The molecule has 0 aliphatic heterocycles. The predicted octanol–water partition coefficient (Wildman–Crippen LogP) is 0.711. The molecule has 4 nitrogen and oxygen atoms in total. The Morgan fingerprint density at radius 1 is 1.47 bits per heavy atom. The molecule has 0 aliphatic rings. The van der Waals surface area contributed by atoms with E-state index in [9.17, 15) is 12.8 Å². The summed E-state index contributed by atoms with van der Waals surface area (Å²) in [5.74, 6) is -0.580. The maximum atomic E-state index is 13.1. The van der Waals surface area contributed by atoms with Crippen LogP contribution in [-0.2, 0) is 10.0 Å². The fraction of sp³-hybridized carbons (Fsp3) is 0.333. The van der Waals surface area contributed by atoms with Crippen LogP contribution in [0.1, 0.15) is 5.56 Å². The van der Waals surface area contributed by atoms with Crippen molar-refractivity contribution in [1.82, 2.24) is 0 Å². The zero-order valence-electron chi connectivity index (χ0n) is 8.40. The highest BCUT2D eigenvalue weighted by atomic mass is 32.2. The van der Waals surface area contributed by atoms with Crippen molar-refractivity contribution in [2.24, 2.45) is 0 Å². The maximum Gasteiger partial charge on any atom is 0.124 e. The molecule has 0 heterocycles. The highest BCUT2D eigenvalue weighted by Crippen LogP contribution is 2.24. The van der Waals surface area contributed by atoms with Crippen molar-refractivity contribution in [3.05, 3.63) is 34.3 Å². The van der Waals surface area contributed by atoms with E-state index in [1.807, 2.05) is 0 Å². The molecule has 6 heteroatoms. The molecule has 0 spiro atoms. The van der Waals surface area contributed by atoms with Gasteiger partial charge < -0.3 is 10.5 Å².